The molecule has 1 fully saturated rings. The van der Waals surface area contributed by atoms with Crippen LogP contribution in [-0.4, -0.2) is 53.3 Å². The molecule has 1 aliphatic rings. The Kier molecular flexibility index (Phi) is 4.19. The van der Waals surface area contributed by atoms with Gasteiger partial charge in [0.05, 0.1) is 12.9 Å². The van der Waals surface area contributed by atoms with Gasteiger partial charge in [0.15, 0.2) is 11.5 Å². The summed E-state index contributed by atoms with van der Waals surface area (Å²) in [6.07, 6.45) is 4.29. The summed E-state index contributed by atoms with van der Waals surface area (Å²) in [6.45, 7) is 5.20. The molecule has 2 aromatic rings. The van der Waals surface area contributed by atoms with Gasteiger partial charge in [-0.2, -0.15) is 9.97 Å². The number of aromatic nitrogens is 4. The summed E-state index contributed by atoms with van der Waals surface area (Å²) < 4.78 is 5.69. The molecule has 2 heterocycles. The van der Waals surface area contributed by atoms with Gasteiger partial charge < -0.3 is 19.9 Å². The highest BCUT2D eigenvalue weighted by Crippen LogP contribution is 2.28. The van der Waals surface area contributed by atoms with Gasteiger partial charge in [-0.25, -0.2) is 4.98 Å². The molecule has 0 atom stereocenters. The van der Waals surface area contributed by atoms with Crippen molar-refractivity contribution in [3.8, 4) is 0 Å². The monoisotopic (exact) mass is 290 g/mol. The summed E-state index contributed by atoms with van der Waals surface area (Å²) in [5, 5.41) is 3.14. The van der Waals surface area contributed by atoms with Crippen LogP contribution in [0.3, 0.4) is 0 Å². The third kappa shape index (κ3) is 3.41. The van der Waals surface area contributed by atoms with Crippen molar-refractivity contribution in [1.29, 1.82) is 0 Å². The van der Waals surface area contributed by atoms with E-state index in [1.54, 1.807) is 6.33 Å². The molecule has 114 valence electrons. The molecule has 3 rings (SSSR count). The van der Waals surface area contributed by atoms with E-state index in [4.69, 9.17) is 4.74 Å². The van der Waals surface area contributed by atoms with Crippen molar-refractivity contribution in [3.05, 3.63) is 6.33 Å². The highest BCUT2D eigenvalue weighted by molar-refractivity contribution is 5.84. The number of H-pyrrole nitrogens is 1. The molecule has 2 aromatic heterocycles. The van der Waals surface area contributed by atoms with E-state index in [2.05, 4.69) is 30.2 Å². The fourth-order valence-corrected chi connectivity index (χ4v) is 2.17. The summed E-state index contributed by atoms with van der Waals surface area (Å²) in [4.78, 5) is 18.4. The molecule has 21 heavy (non-hydrogen) atoms. The number of hydrogen-bond donors (Lipinski definition) is 2. The second-order valence-corrected chi connectivity index (χ2v) is 5.44. The van der Waals surface area contributed by atoms with E-state index in [0.717, 1.165) is 36.9 Å². The predicted molar refractivity (Wildman–Crippen MR) is 82.7 cm³/mol. The summed E-state index contributed by atoms with van der Waals surface area (Å²) in [7, 11) is 2.01. The minimum absolute atomic E-state index is 0.609. The fourth-order valence-electron chi connectivity index (χ4n) is 2.17. The molecule has 1 saturated carbocycles. The number of ether oxygens (including phenoxy) is 1. The van der Waals surface area contributed by atoms with Crippen molar-refractivity contribution >= 4 is 22.9 Å². The average molecular weight is 290 g/mol. The van der Waals surface area contributed by atoms with E-state index < -0.39 is 0 Å². The zero-order valence-corrected chi connectivity index (χ0v) is 12.6. The molecule has 0 unspecified atom stereocenters. The minimum atomic E-state index is 0.609. The van der Waals surface area contributed by atoms with Crippen molar-refractivity contribution in [2.75, 3.05) is 43.6 Å². The summed E-state index contributed by atoms with van der Waals surface area (Å²) in [6, 6.07) is 0. The molecule has 7 nitrogen and oxygen atoms in total. The summed E-state index contributed by atoms with van der Waals surface area (Å²) in [5.74, 6) is 2.26. The van der Waals surface area contributed by atoms with E-state index in [1.165, 1.54) is 12.8 Å². The van der Waals surface area contributed by atoms with Crippen molar-refractivity contribution in [1.82, 2.24) is 19.9 Å². The first-order valence-corrected chi connectivity index (χ1v) is 7.51. The number of fused-ring (bicyclic) bond motifs is 1. The first kappa shape index (κ1) is 14.1. The Balaban J connectivity index is 1.68. The number of rotatable bonds is 8. The van der Waals surface area contributed by atoms with Gasteiger partial charge in [0.25, 0.3) is 0 Å². The fraction of sp³-hybridized carbons (Fsp3) is 0.643. The standard InChI is InChI=1S/C14H22N6O/c1-3-15-14-18-12-11(16-9-17-12)13(19-14)20(2)6-7-21-8-10-4-5-10/h9-10H,3-8H2,1-2H3,(H2,15,16,17,18,19). The maximum Gasteiger partial charge on any atom is 0.226 e. The molecule has 0 amide bonds. The third-order valence-corrected chi connectivity index (χ3v) is 3.58. The average Bonchev–Trinajstić information content (AvgIpc) is 3.18. The molecular weight excluding hydrogens is 268 g/mol. The van der Waals surface area contributed by atoms with Crippen molar-refractivity contribution < 1.29 is 4.74 Å². The second-order valence-electron chi connectivity index (χ2n) is 5.44. The van der Waals surface area contributed by atoms with E-state index in [-0.39, 0.29) is 0 Å². The normalized spacial score (nSPS) is 14.6. The second kappa shape index (κ2) is 6.26. The van der Waals surface area contributed by atoms with Gasteiger partial charge in [0.1, 0.15) is 5.52 Å². The van der Waals surface area contributed by atoms with Crippen LogP contribution < -0.4 is 10.2 Å². The van der Waals surface area contributed by atoms with Crippen LogP contribution in [0.2, 0.25) is 0 Å². The zero-order valence-electron chi connectivity index (χ0n) is 12.6. The lowest BCUT2D eigenvalue weighted by molar-refractivity contribution is 0.131. The van der Waals surface area contributed by atoms with Crippen LogP contribution >= 0.6 is 0 Å². The van der Waals surface area contributed by atoms with E-state index >= 15 is 0 Å². The van der Waals surface area contributed by atoms with E-state index in [0.29, 0.717) is 18.2 Å². The third-order valence-electron chi connectivity index (χ3n) is 3.58. The Labute approximate surface area is 124 Å². The smallest absolute Gasteiger partial charge is 0.226 e. The predicted octanol–water partition coefficient (Wildman–Crippen LogP) is 1.65. The Hall–Kier alpha value is -1.89. The molecule has 1 aliphatic carbocycles. The lowest BCUT2D eigenvalue weighted by Crippen LogP contribution is -2.24. The first-order valence-electron chi connectivity index (χ1n) is 7.51. The van der Waals surface area contributed by atoms with Gasteiger partial charge in [-0.15, -0.1) is 0 Å². The Bertz CT molecular complexity index is 594. The Morgan fingerprint density at radius 1 is 1.43 bits per heavy atom. The zero-order chi connectivity index (χ0) is 14.7. The van der Waals surface area contributed by atoms with Crippen molar-refractivity contribution in [2.24, 2.45) is 5.92 Å². The number of aromatic amines is 1. The van der Waals surface area contributed by atoms with Gasteiger partial charge in [-0.3, -0.25) is 0 Å². The van der Waals surface area contributed by atoms with Gasteiger partial charge >= 0.3 is 0 Å². The largest absolute Gasteiger partial charge is 0.379 e. The van der Waals surface area contributed by atoms with Crippen LogP contribution in [0, 0.1) is 5.92 Å². The van der Waals surface area contributed by atoms with Crippen LogP contribution in [0.4, 0.5) is 11.8 Å². The topological polar surface area (TPSA) is 79.0 Å². The van der Waals surface area contributed by atoms with Crippen molar-refractivity contribution in [2.45, 2.75) is 19.8 Å². The maximum atomic E-state index is 5.69. The molecule has 2 N–H and O–H groups in total. The van der Waals surface area contributed by atoms with Gasteiger partial charge in [0.2, 0.25) is 5.95 Å². The van der Waals surface area contributed by atoms with Crippen LogP contribution in [0.5, 0.6) is 0 Å². The molecule has 7 heteroatoms. The highest BCUT2D eigenvalue weighted by Gasteiger charge is 2.21. The molecular formula is C14H22N6O. The molecule has 0 aliphatic heterocycles. The summed E-state index contributed by atoms with van der Waals surface area (Å²) in [5.41, 5.74) is 1.54. The molecule has 0 bridgehead atoms. The van der Waals surface area contributed by atoms with Crippen LogP contribution in [0.25, 0.3) is 11.2 Å². The van der Waals surface area contributed by atoms with E-state index in [9.17, 15) is 0 Å². The number of nitrogens with one attached hydrogen (secondary N) is 2. The van der Waals surface area contributed by atoms with Crippen LogP contribution in [0.1, 0.15) is 19.8 Å². The van der Waals surface area contributed by atoms with E-state index in [1.807, 2.05) is 14.0 Å². The van der Waals surface area contributed by atoms with Gasteiger partial charge in [-0.05, 0) is 25.7 Å². The summed E-state index contributed by atoms with van der Waals surface area (Å²) >= 11 is 0. The number of hydrogen-bond acceptors (Lipinski definition) is 6. The number of imidazole rings is 1. The quantitative estimate of drug-likeness (QED) is 0.720. The lowest BCUT2D eigenvalue weighted by atomic mass is 10.4. The molecule has 0 aromatic carbocycles. The SMILES string of the molecule is CCNc1nc(N(C)CCOCC2CC2)c2[nH]cnc2n1. The molecule has 0 radical (unpaired) electrons. The Morgan fingerprint density at radius 3 is 3.05 bits per heavy atom. The number of anilines is 2. The number of likely N-dealkylation sites (N-methyl/N-ethyl adjacent to an activating group) is 1. The lowest BCUT2D eigenvalue weighted by Gasteiger charge is -2.19. The Morgan fingerprint density at radius 2 is 2.29 bits per heavy atom. The van der Waals surface area contributed by atoms with Gasteiger partial charge in [0, 0.05) is 26.7 Å². The minimum Gasteiger partial charge on any atom is -0.379 e. The molecule has 0 spiro atoms. The van der Waals surface area contributed by atoms with Crippen LogP contribution in [-0.2, 0) is 4.74 Å². The molecule has 0 saturated heterocycles. The highest BCUT2D eigenvalue weighted by atomic mass is 16.5. The first-order chi connectivity index (χ1) is 10.3. The van der Waals surface area contributed by atoms with Crippen molar-refractivity contribution in [3.63, 3.8) is 0 Å². The maximum absolute atomic E-state index is 5.69. The van der Waals surface area contributed by atoms with Crippen LogP contribution in [0.15, 0.2) is 6.33 Å². The number of nitrogens with zero attached hydrogens (tertiary/aromatic N) is 4. The van der Waals surface area contributed by atoms with Gasteiger partial charge in [-0.1, -0.05) is 0 Å².